The summed E-state index contributed by atoms with van der Waals surface area (Å²) < 4.78 is 5.09. The monoisotopic (exact) mass is 210 g/mol. The molecule has 0 saturated heterocycles. The van der Waals surface area contributed by atoms with Crippen molar-refractivity contribution in [3.8, 4) is 17.6 Å². The van der Waals surface area contributed by atoms with Crippen molar-refractivity contribution in [2.45, 2.75) is 13.0 Å². The Bertz CT molecular complexity index is 375. The van der Waals surface area contributed by atoms with Crippen LogP contribution < -0.4 is 4.74 Å². The van der Waals surface area contributed by atoms with Gasteiger partial charge in [-0.3, -0.25) is 0 Å². The van der Waals surface area contributed by atoms with Crippen molar-refractivity contribution in [3.63, 3.8) is 0 Å². The van der Waals surface area contributed by atoms with Crippen LogP contribution in [-0.4, -0.2) is 18.3 Å². The summed E-state index contributed by atoms with van der Waals surface area (Å²) in [5.74, 6) is 6.08. The maximum atomic E-state index is 9.00. The lowest BCUT2D eigenvalue weighted by molar-refractivity contribution is 0.253. The number of methoxy groups -OCH3 is 1. The van der Waals surface area contributed by atoms with Gasteiger partial charge in [0.2, 0.25) is 0 Å². The Labute approximate surface area is 88.5 Å². The molecule has 0 aliphatic carbocycles. The number of aliphatic hydroxyl groups excluding tert-OH is 1. The molecule has 74 valence electrons. The van der Waals surface area contributed by atoms with E-state index >= 15 is 0 Å². The number of halogens is 1. The Kier molecular flexibility index (Phi) is 3.82. The Balaban J connectivity index is 3.07. The zero-order valence-electron chi connectivity index (χ0n) is 8.04. The van der Waals surface area contributed by atoms with Gasteiger partial charge in [0, 0.05) is 5.02 Å². The minimum Gasteiger partial charge on any atom is -0.495 e. The van der Waals surface area contributed by atoms with E-state index in [1.807, 2.05) is 0 Å². The van der Waals surface area contributed by atoms with Crippen LogP contribution in [0.25, 0.3) is 0 Å². The maximum absolute atomic E-state index is 9.00. The minimum atomic E-state index is -0.654. The van der Waals surface area contributed by atoms with Gasteiger partial charge in [-0.15, -0.1) is 0 Å². The fourth-order valence-electron chi connectivity index (χ4n) is 0.960. The molecule has 1 unspecified atom stereocenters. The van der Waals surface area contributed by atoms with Crippen LogP contribution in [-0.2, 0) is 0 Å². The van der Waals surface area contributed by atoms with Gasteiger partial charge < -0.3 is 9.84 Å². The number of rotatable bonds is 1. The topological polar surface area (TPSA) is 29.5 Å². The van der Waals surface area contributed by atoms with Crippen molar-refractivity contribution in [1.82, 2.24) is 0 Å². The predicted octanol–water partition coefficient (Wildman–Crippen LogP) is 2.08. The van der Waals surface area contributed by atoms with E-state index in [1.165, 1.54) is 0 Å². The molecule has 0 bridgehead atoms. The second-order valence-corrected chi connectivity index (χ2v) is 3.23. The molecule has 1 aromatic carbocycles. The normalized spacial score (nSPS) is 11.4. The fourth-order valence-corrected chi connectivity index (χ4v) is 1.13. The Hall–Kier alpha value is -1.17. The summed E-state index contributed by atoms with van der Waals surface area (Å²) in [5, 5.41) is 9.60. The summed E-state index contributed by atoms with van der Waals surface area (Å²) in [6.07, 6.45) is -0.654. The quantitative estimate of drug-likeness (QED) is 0.720. The van der Waals surface area contributed by atoms with Gasteiger partial charge in [0.1, 0.15) is 11.9 Å². The first-order valence-corrected chi connectivity index (χ1v) is 4.54. The molecule has 14 heavy (non-hydrogen) atoms. The number of hydrogen-bond acceptors (Lipinski definition) is 2. The van der Waals surface area contributed by atoms with Gasteiger partial charge in [-0.05, 0) is 25.1 Å². The SMILES string of the molecule is COc1ccc(Cl)cc1C#CC(C)O. The third-order valence-electron chi connectivity index (χ3n) is 1.58. The van der Waals surface area contributed by atoms with Crippen molar-refractivity contribution in [2.24, 2.45) is 0 Å². The highest BCUT2D eigenvalue weighted by atomic mass is 35.5. The third-order valence-corrected chi connectivity index (χ3v) is 1.81. The van der Waals surface area contributed by atoms with E-state index in [-0.39, 0.29) is 0 Å². The molecular formula is C11H11ClO2. The lowest BCUT2D eigenvalue weighted by Gasteiger charge is -2.02. The smallest absolute Gasteiger partial charge is 0.134 e. The molecule has 2 nitrogen and oxygen atoms in total. The molecule has 1 atom stereocenters. The van der Waals surface area contributed by atoms with Gasteiger partial charge in [0.15, 0.2) is 0 Å². The summed E-state index contributed by atoms with van der Waals surface area (Å²) in [7, 11) is 1.57. The van der Waals surface area contributed by atoms with E-state index < -0.39 is 6.10 Å². The van der Waals surface area contributed by atoms with Crippen molar-refractivity contribution in [2.75, 3.05) is 7.11 Å². The largest absolute Gasteiger partial charge is 0.495 e. The first kappa shape index (κ1) is 10.9. The summed E-state index contributed by atoms with van der Waals surface area (Å²) in [6, 6.07) is 5.18. The van der Waals surface area contributed by atoms with Crippen LogP contribution in [0.4, 0.5) is 0 Å². The van der Waals surface area contributed by atoms with E-state index in [2.05, 4.69) is 11.8 Å². The van der Waals surface area contributed by atoms with Gasteiger partial charge in [-0.25, -0.2) is 0 Å². The lowest BCUT2D eigenvalue weighted by atomic mass is 10.2. The van der Waals surface area contributed by atoms with Gasteiger partial charge >= 0.3 is 0 Å². The summed E-state index contributed by atoms with van der Waals surface area (Å²) >= 11 is 5.80. The van der Waals surface area contributed by atoms with Crippen LogP contribution in [0.15, 0.2) is 18.2 Å². The third kappa shape index (κ3) is 2.95. The first-order valence-electron chi connectivity index (χ1n) is 4.16. The second-order valence-electron chi connectivity index (χ2n) is 2.79. The van der Waals surface area contributed by atoms with E-state index in [1.54, 1.807) is 32.2 Å². The van der Waals surface area contributed by atoms with Crippen LogP contribution in [0.3, 0.4) is 0 Å². The number of benzene rings is 1. The van der Waals surface area contributed by atoms with Gasteiger partial charge in [0.05, 0.1) is 12.7 Å². The molecule has 0 saturated carbocycles. The van der Waals surface area contributed by atoms with Crippen LogP contribution in [0.1, 0.15) is 12.5 Å². The van der Waals surface area contributed by atoms with Crippen LogP contribution in [0, 0.1) is 11.8 Å². The lowest BCUT2D eigenvalue weighted by Crippen LogP contribution is -1.93. The zero-order valence-corrected chi connectivity index (χ0v) is 8.80. The molecule has 1 rings (SSSR count). The maximum Gasteiger partial charge on any atom is 0.134 e. The minimum absolute atomic E-state index is 0.598. The molecule has 0 fully saturated rings. The van der Waals surface area contributed by atoms with Gasteiger partial charge in [0.25, 0.3) is 0 Å². The molecule has 0 aliphatic heterocycles. The molecule has 0 amide bonds. The highest BCUT2D eigenvalue weighted by Gasteiger charge is 2.00. The van der Waals surface area contributed by atoms with Crippen molar-refractivity contribution >= 4 is 11.6 Å². The molecular weight excluding hydrogens is 200 g/mol. The summed E-state index contributed by atoms with van der Waals surface area (Å²) in [5.41, 5.74) is 0.681. The highest BCUT2D eigenvalue weighted by molar-refractivity contribution is 6.30. The van der Waals surface area contributed by atoms with E-state index in [4.69, 9.17) is 21.4 Å². The Morgan fingerprint density at radius 2 is 2.21 bits per heavy atom. The summed E-state index contributed by atoms with van der Waals surface area (Å²) in [4.78, 5) is 0. The van der Waals surface area contributed by atoms with Crippen LogP contribution >= 0.6 is 11.6 Å². The van der Waals surface area contributed by atoms with Crippen molar-refractivity contribution in [3.05, 3.63) is 28.8 Å². The van der Waals surface area contributed by atoms with Crippen molar-refractivity contribution in [1.29, 1.82) is 0 Å². The van der Waals surface area contributed by atoms with Gasteiger partial charge in [-0.2, -0.15) is 0 Å². The molecule has 0 aliphatic rings. The second kappa shape index (κ2) is 4.90. The van der Waals surface area contributed by atoms with E-state index in [9.17, 15) is 0 Å². The molecule has 0 spiro atoms. The fraction of sp³-hybridized carbons (Fsp3) is 0.273. The standard InChI is InChI=1S/C11H11ClO2/c1-8(13)3-4-9-7-10(12)5-6-11(9)14-2/h5-8,13H,1-2H3. The zero-order chi connectivity index (χ0) is 10.6. The number of aliphatic hydroxyl groups is 1. The highest BCUT2D eigenvalue weighted by Crippen LogP contribution is 2.21. The van der Waals surface area contributed by atoms with E-state index in [0.29, 0.717) is 16.3 Å². The van der Waals surface area contributed by atoms with Gasteiger partial charge in [-0.1, -0.05) is 23.4 Å². The average molecular weight is 211 g/mol. The molecule has 1 aromatic rings. The number of ether oxygens (including phenoxy) is 1. The Morgan fingerprint density at radius 3 is 2.79 bits per heavy atom. The first-order chi connectivity index (χ1) is 6.63. The average Bonchev–Trinajstić information content (AvgIpc) is 2.15. The van der Waals surface area contributed by atoms with Crippen molar-refractivity contribution < 1.29 is 9.84 Å². The molecule has 1 N–H and O–H groups in total. The molecule has 0 heterocycles. The molecule has 0 aromatic heterocycles. The predicted molar refractivity (Wildman–Crippen MR) is 56.6 cm³/mol. The number of hydrogen-bond donors (Lipinski definition) is 1. The van der Waals surface area contributed by atoms with E-state index in [0.717, 1.165) is 0 Å². The van der Waals surface area contributed by atoms with Crippen LogP contribution in [0.2, 0.25) is 5.02 Å². The summed E-state index contributed by atoms with van der Waals surface area (Å²) in [6.45, 7) is 1.60. The van der Waals surface area contributed by atoms with Crippen LogP contribution in [0.5, 0.6) is 5.75 Å². The molecule has 3 heteroatoms. The molecule has 0 radical (unpaired) electrons. The Morgan fingerprint density at radius 1 is 1.50 bits per heavy atom.